The Bertz CT molecular complexity index is 826. The molecule has 2 N–H and O–H groups in total. The van der Waals surface area contributed by atoms with Crippen molar-refractivity contribution in [2.75, 3.05) is 24.7 Å². The highest BCUT2D eigenvalue weighted by Crippen LogP contribution is 2.33. The number of halogens is 2. The van der Waals surface area contributed by atoms with Gasteiger partial charge in [0, 0.05) is 30.3 Å². The molecule has 0 bridgehead atoms. The van der Waals surface area contributed by atoms with Crippen molar-refractivity contribution in [2.24, 2.45) is 0 Å². The van der Waals surface area contributed by atoms with E-state index in [2.05, 4.69) is 20.9 Å². The number of fused-ring (bicyclic) bond motifs is 1. The summed E-state index contributed by atoms with van der Waals surface area (Å²) in [5, 5.41) is 0. The third-order valence-corrected chi connectivity index (χ3v) is 4.03. The smallest absolute Gasteiger partial charge is 0.139 e. The van der Waals surface area contributed by atoms with E-state index in [1.165, 1.54) is 12.1 Å². The lowest BCUT2D eigenvalue weighted by atomic mass is 10.1. The van der Waals surface area contributed by atoms with Crippen LogP contribution in [0.1, 0.15) is 0 Å². The molecule has 0 unspecified atom stereocenters. The monoisotopic (exact) mass is 348 g/mol. The van der Waals surface area contributed by atoms with Gasteiger partial charge in [-0.1, -0.05) is 15.9 Å². The van der Waals surface area contributed by atoms with Crippen LogP contribution >= 0.6 is 15.9 Å². The molecule has 3 aromatic rings. The average Bonchev–Trinajstić information content (AvgIpc) is 2.78. The molecule has 21 heavy (non-hydrogen) atoms. The summed E-state index contributed by atoms with van der Waals surface area (Å²) in [5.74, 6) is 0.165. The fraction of sp³-hybridized carbons (Fsp3) is 0.133. The molecule has 2 heterocycles. The first-order valence-electron chi connectivity index (χ1n) is 6.37. The molecule has 6 heteroatoms. The van der Waals surface area contributed by atoms with Gasteiger partial charge < -0.3 is 10.6 Å². The van der Waals surface area contributed by atoms with E-state index in [-0.39, 0.29) is 5.82 Å². The predicted molar refractivity (Wildman–Crippen MR) is 87.0 cm³/mol. The number of nitrogen functional groups attached to an aromatic ring is 1. The van der Waals surface area contributed by atoms with E-state index in [1.54, 1.807) is 6.07 Å². The summed E-state index contributed by atoms with van der Waals surface area (Å²) in [7, 11) is 3.91. The number of nitrogens with two attached hydrogens (primary N) is 1. The highest BCUT2D eigenvalue weighted by Gasteiger charge is 2.15. The number of benzene rings is 1. The van der Waals surface area contributed by atoms with Crippen LogP contribution in [-0.2, 0) is 0 Å². The molecule has 0 aliphatic rings. The Morgan fingerprint density at radius 2 is 2.00 bits per heavy atom. The summed E-state index contributed by atoms with van der Waals surface area (Å²) >= 11 is 3.42. The van der Waals surface area contributed by atoms with Crippen LogP contribution in [0.5, 0.6) is 0 Å². The van der Waals surface area contributed by atoms with Gasteiger partial charge >= 0.3 is 0 Å². The Hall–Kier alpha value is -2.08. The highest BCUT2D eigenvalue weighted by atomic mass is 79.9. The van der Waals surface area contributed by atoms with E-state index in [4.69, 9.17) is 5.73 Å². The summed E-state index contributed by atoms with van der Waals surface area (Å²) in [6, 6.07) is 8.33. The van der Waals surface area contributed by atoms with Gasteiger partial charge in [0.25, 0.3) is 0 Å². The first-order valence-corrected chi connectivity index (χ1v) is 7.17. The van der Waals surface area contributed by atoms with Gasteiger partial charge in [0.2, 0.25) is 0 Å². The van der Waals surface area contributed by atoms with Crippen molar-refractivity contribution in [2.45, 2.75) is 0 Å². The van der Waals surface area contributed by atoms with Gasteiger partial charge in [0.15, 0.2) is 0 Å². The van der Waals surface area contributed by atoms with Crippen molar-refractivity contribution in [3.63, 3.8) is 0 Å². The average molecular weight is 349 g/mol. The molecule has 0 saturated heterocycles. The summed E-state index contributed by atoms with van der Waals surface area (Å²) in [4.78, 5) is 6.49. The summed E-state index contributed by atoms with van der Waals surface area (Å²) < 4.78 is 16.1. The fourth-order valence-corrected chi connectivity index (χ4v) is 2.63. The molecule has 0 spiro atoms. The molecular formula is C15H14BrFN4. The molecular weight excluding hydrogens is 335 g/mol. The second-order valence-corrected chi connectivity index (χ2v) is 5.83. The number of aromatic nitrogens is 2. The van der Waals surface area contributed by atoms with E-state index in [0.717, 1.165) is 15.8 Å². The van der Waals surface area contributed by atoms with Crippen molar-refractivity contribution < 1.29 is 4.39 Å². The molecule has 3 rings (SSSR count). The Morgan fingerprint density at radius 1 is 1.24 bits per heavy atom. The van der Waals surface area contributed by atoms with Crippen molar-refractivity contribution in [3.05, 3.63) is 46.8 Å². The fourth-order valence-electron chi connectivity index (χ4n) is 2.19. The molecule has 0 radical (unpaired) electrons. The molecule has 1 aromatic carbocycles. The zero-order chi connectivity index (χ0) is 15.1. The quantitative estimate of drug-likeness (QED) is 0.770. The molecule has 2 aromatic heterocycles. The van der Waals surface area contributed by atoms with Crippen LogP contribution in [0.4, 0.5) is 15.9 Å². The Labute approximate surface area is 130 Å². The largest absolute Gasteiger partial charge is 0.383 e. The van der Waals surface area contributed by atoms with Crippen LogP contribution in [0.2, 0.25) is 0 Å². The molecule has 0 fully saturated rings. The Balaban J connectivity index is 2.24. The second kappa shape index (κ2) is 5.04. The van der Waals surface area contributed by atoms with Gasteiger partial charge in [-0.3, -0.25) is 4.40 Å². The molecule has 0 aliphatic carbocycles. The van der Waals surface area contributed by atoms with E-state index in [9.17, 15) is 4.39 Å². The zero-order valence-electron chi connectivity index (χ0n) is 11.6. The van der Waals surface area contributed by atoms with E-state index in [1.807, 2.05) is 41.7 Å². The molecule has 0 amide bonds. The van der Waals surface area contributed by atoms with Crippen molar-refractivity contribution in [1.82, 2.24) is 9.38 Å². The van der Waals surface area contributed by atoms with Gasteiger partial charge in [-0.2, -0.15) is 0 Å². The van der Waals surface area contributed by atoms with Crippen LogP contribution in [0.15, 0.2) is 41.0 Å². The van der Waals surface area contributed by atoms with Gasteiger partial charge in [0.1, 0.15) is 23.0 Å². The molecule has 0 aliphatic heterocycles. The van der Waals surface area contributed by atoms with Gasteiger partial charge in [-0.05, 0) is 30.3 Å². The molecule has 4 nitrogen and oxygen atoms in total. The maximum Gasteiger partial charge on any atom is 0.139 e. The third kappa shape index (κ3) is 2.35. The van der Waals surface area contributed by atoms with Crippen LogP contribution in [0.25, 0.3) is 16.9 Å². The Kier molecular flexibility index (Phi) is 3.33. The zero-order valence-corrected chi connectivity index (χ0v) is 13.2. The molecule has 0 saturated carbocycles. The lowest BCUT2D eigenvalue weighted by Crippen LogP contribution is -2.09. The SMILES string of the molecule is CN(C)c1ccc2nc(-c3cc(F)ccc3Br)c(N)n2c1. The van der Waals surface area contributed by atoms with Crippen LogP contribution in [0.3, 0.4) is 0 Å². The minimum atomic E-state index is -0.321. The first kappa shape index (κ1) is 13.9. The van der Waals surface area contributed by atoms with Gasteiger partial charge in [-0.15, -0.1) is 0 Å². The molecule has 108 valence electrons. The lowest BCUT2D eigenvalue weighted by molar-refractivity contribution is 0.628. The normalized spacial score (nSPS) is 11.0. The predicted octanol–water partition coefficient (Wildman–Crippen LogP) is 3.55. The van der Waals surface area contributed by atoms with Crippen LogP contribution < -0.4 is 10.6 Å². The number of rotatable bonds is 2. The maximum absolute atomic E-state index is 13.5. The number of imidazole rings is 1. The van der Waals surface area contributed by atoms with Crippen molar-refractivity contribution in [3.8, 4) is 11.3 Å². The number of pyridine rings is 1. The third-order valence-electron chi connectivity index (χ3n) is 3.34. The number of hydrogen-bond acceptors (Lipinski definition) is 3. The molecule has 0 atom stereocenters. The van der Waals surface area contributed by atoms with Crippen molar-refractivity contribution >= 4 is 33.1 Å². The summed E-state index contributed by atoms with van der Waals surface area (Å²) in [6.07, 6.45) is 1.91. The minimum absolute atomic E-state index is 0.321. The number of hydrogen-bond donors (Lipinski definition) is 1. The van der Waals surface area contributed by atoms with Crippen LogP contribution in [0, 0.1) is 5.82 Å². The van der Waals surface area contributed by atoms with E-state index in [0.29, 0.717) is 17.1 Å². The highest BCUT2D eigenvalue weighted by molar-refractivity contribution is 9.10. The van der Waals surface area contributed by atoms with Gasteiger partial charge in [0.05, 0.1) is 5.69 Å². The minimum Gasteiger partial charge on any atom is -0.383 e. The van der Waals surface area contributed by atoms with E-state index < -0.39 is 0 Å². The Morgan fingerprint density at radius 3 is 2.71 bits per heavy atom. The summed E-state index contributed by atoms with van der Waals surface area (Å²) in [5.41, 5.74) is 9.14. The standard InChI is InChI=1S/C15H14BrFN4/c1-20(2)10-4-6-13-19-14(15(18)21(13)8-10)11-7-9(17)3-5-12(11)16/h3-8H,18H2,1-2H3. The lowest BCUT2D eigenvalue weighted by Gasteiger charge is -2.12. The first-order chi connectivity index (χ1) is 9.97. The second-order valence-electron chi connectivity index (χ2n) is 4.98. The van der Waals surface area contributed by atoms with Gasteiger partial charge in [-0.25, -0.2) is 9.37 Å². The number of nitrogens with zero attached hydrogens (tertiary/aromatic N) is 3. The maximum atomic E-state index is 13.5. The van der Waals surface area contributed by atoms with Crippen LogP contribution in [-0.4, -0.2) is 23.5 Å². The topological polar surface area (TPSA) is 46.6 Å². The van der Waals surface area contributed by atoms with E-state index >= 15 is 0 Å². The summed E-state index contributed by atoms with van der Waals surface area (Å²) in [6.45, 7) is 0. The van der Waals surface area contributed by atoms with Crippen molar-refractivity contribution in [1.29, 1.82) is 0 Å². The number of anilines is 2.